The van der Waals surface area contributed by atoms with Crippen LogP contribution in [0.2, 0.25) is 0 Å². The number of nitrogens with two attached hydrogens (primary N) is 1. The van der Waals surface area contributed by atoms with Gasteiger partial charge in [-0.1, -0.05) is 32.1 Å². The largest absolute Gasteiger partial charge is 0.320 e. The van der Waals surface area contributed by atoms with Gasteiger partial charge >= 0.3 is 0 Å². The van der Waals surface area contributed by atoms with Gasteiger partial charge in [-0.05, 0) is 69.9 Å². The summed E-state index contributed by atoms with van der Waals surface area (Å²) in [5, 5.41) is 10.2. The van der Waals surface area contributed by atoms with Crippen molar-refractivity contribution in [2.45, 2.75) is 95.7 Å². The van der Waals surface area contributed by atoms with Gasteiger partial charge in [-0.15, -0.1) is 0 Å². The highest BCUT2D eigenvalue weighted by molar-refractivity contribution is 7.89. The van der Waals surface area contributed by atoms with E-state index < -0.39 is 56.6 Å². The summed E-state index contributed by atoms with van der Waals surface area (Å²) in [4.78, 5) is 27.4. The van der Waals surface area contributed by atoms with E-state index in [2.05, 4.69) is 5.32 Å². The van der Waals surface area contributed by atoms with Crippen molar-refractivity contribution in [1.82, 2.24) is 9.62 Å². The number of nitrogens with one attached hydrogen (secondary N) is 2. The lowest BCUT2D eigenvalue weighted by atomic mass is 9.71. The molecule has 1 aromatic carbocycles. The first-order chi connectivity index (χ1) is 18.8. The van der Waals surface area contributed by atoms with Crippen molar-refractivity contribution in [3.8, 4) is 0 Å². The first kappa shape index (κ1) is 30.5. The number of fused-ring (bicyclic) bond motifs is 1. The molecule has 4 atom stereocenters. The first-order valence-corrected chi connectivity index (χ1v) is 15.9. The lowest BCUT2D eigenvalue weighted by Gasteiger charge is -2.47. The Kier molecular flexibility index (Phi) is 9.01. The zero-order valence-electron chi connectivity index (χ0n) is 23.5. The predicted molar refractivity (Wildman–Crippen MR) is 149 cm³/mol. The van der Waals surface area contributed by atoms with Crippen LogP contribution in [0.25, 0.3) is 0 Å². The normalized spacial score (nSPS) is 26.6. The molecule has 4 N–H and O–H groups in total. The van der Waals surface area contributed by atoms with Crippen molar-refractivity contribution in [2.75, 3.05) is 17.7 Å². The van der Waals surface area contributed by atoms with E-state index in [0.717, 1.165) is 55.6 Å². The van der Waals surface area contributed by atoms with Crippen molar-refractivity contribution < 1.29 is 26.8 Å². The fraction of sp³-hybridized carbons (Fsp3) is 0.679. The second kappa shape index (κ2) is 11.8. The lowest BCUT2D eigenvalue weighted by molar-refractivity contribution is -0.131. The van der Waals surface area contributed by atoms with Crippen molar-refractivity contribution in [1.29, 1.82) is 5.41 Å². The molecule has 1 heterocycles. The second-order valence-electron chi connectivity index (χ2n) is 11.6. The number of carbonyl (C=O) groups excluding carboxylic acids is 2. The molecule has 2 saturated carbocycles. The molecule has 1 unspecified atom stereocenters. The van der Waals surface area contributed by atoms with Gasteiger partial charge in [0.05, 0.1) is 11.8 Å². The Balaban J connectivity index is 1.78. The van der Waals surface area contributed by atoms with Crippen LogP contribution < -0.4 is 16.0 Å². The molecule has 4 rings (SSSR count). The maximum atomic E-state index is 15.5. The zero-order chi connectivity index (χ0) is 29.4. The summed E-state index contributed by atoms with van der Waals surface area (Å²) >= 11 is 0. The van der Waals surface area contributed by atoms with Gasteiger partial charge in [0.1, 0.15) is 17.1 Å². The predicted octanol–water partition coefficient (Wildman–Crippen LogP) is 3.65. The molecule has 9 nitrogen and oxygen atoms in total. The molecule has 2 amide bonds. The molecule has 3 fully saturated rings. The Morgan fingerprint density at radius 3 is 2.27 bits per heavy atom. The molecule has 1 aliphatic heterocycles. The first-order valence-electron chi connectivity index (χ1n) is 14.3. The molecule has 0 bridgehead atoms. The Morgan fingerprint density at radius 1 is 1.12 bits per heavy atom. The monoisotopic (exact) mass is 581 g/mol. The van der Waals surface area contributed by atoms with E-state index in [1.54, 1.807) is 6.92 Å². The van der Waals surface area contributed by atoms with Crippen molar-refractivity contribution in [3.05, 3.63) is 29.3 Å². The van der Waals surface area contributed by atoms with Crippen molar-refractivity contribution in [3.63, 3.8) is 0 Å². The molecular formula is C28H41F2N5O4S. The Labute approximate surface area is 235 Å². The fourth-order valence-electron chi connectivity index (χ4n) is 7.13. The third-order valence-corrected chi connectivity index (χ3v) is 11.0. The highest BCUT2D eigenvalue weighted by Gasteiger charge is 2.64. The fourth-order valence-corrected chi connectivity index (χ4v) is 8.89. The van der Waals surface area contributed by atoms with Gasteiger partial charge in [0.25, 0.3) is 0 Å². The number of sulfonamides is 1. The number of likely N-dealkylation sites (N-methyl/N-ethyl adjacent to an activating group) is 1. The molecule has 1 saturated heterocycles. The smallest absolute Gasteiger partial charge is 0.248 e. The molecular weight excluding hydrogens is 540 g/mol. The third kappa shape index (κ3) is 5.42. The van der Waals surface area contributed by atoms with E-state index in [4.69, 9.17) is 11.1 Å². The average Bonchev–Trinajstić information content (AvgIpc) is 3.29. The zero-order valence-corrected chi connectivity index (χ0v) is 24.3. The van der Waals surface area contributed by atoms with Gasteiger partial charge in [0, 0.05) is 18.7 Å². The summed E-state index contributed by atoms with van der Waals surface area (Å²) in [7, 11) is -2.54. The molecule has 0 radical (unpaired) electrons. The minimum Gasteiger partial charge on any atom is -0.320 e. The van der Waals surface area contributed by atoms with Gasteiger partial charge in [-0.25, -0.2) is 17.2 Å². The van der Waals surface area contributed by atoms with E-state index in [1.807, 2.05) is 0 Å². The highest BCUT2D eigenvalue weighted by Crippen LogP contribution is 2.54. The van der Waals surface area contributed by atoms with Crippen molar-refractivity contribution >= 4 is 33.4 Å². The van der Waals surface area contributed by atoms with E-state index in [1.165, 1.54) is 18.3 Å². The van der Waals surface area contributed by atoms with Crippen LogP contribution in [0.3, 0.4) is 0 Å². The van der Waals surface area contributed by atoms with Gasteiger partial charge in [0.2, 0.25) is 21.8 Å². The summed E-state index contributed by atoms with van der Waals surface area (Å²) in [6, 6.07) is 0.540. The number of benzene rings is 1. The van der Waals surface area contributed by atoms with Gasteiger partial charge in [-0.3, -0.25) is 15.0 Å². The van der Waals surface area contributed by atoms with E-state index in [0.29, 0.717) is 25.7 Å². The third-order valence-electron chi connectivity index (χ3n) is 9.06. The number of hydrogen-bond donors (Lipinski definition) is 3. The minimum atomic E-state index is -3.82. The maximum absolute atomic E-state index is 15.5. The Bertz CT molecular complexity index is 1240. The molecule has 40 heavy (non-hydrogen) atoms. The molecule has 0 spiro atoms. The topological polar surface area (TPSA) is 137 Å². The number of hydrogen-bond acceptors (Lipinski definition) is 6. The number of anilines is 1. The second-order valence-corrected chi connectivity index (χ2v) is 13.7. The number of halogens is 2. The number of amides is 2. The molecule has 1 aromatic rings. The lowest BCUT2D eigenvalue weighted by Crippen LogP contribution is -2.64. The molecule has 12 heteroatoms. The summed E-state index contributed by atoms with van der Waals surface area (Å²) in [5.41, 5.74) is 3.25. The van der Waals surface area contributed by atoms with Crippen LogP contribution in [-0.2, 0) is 19.6 Å². The molecule has 3 aliphatic rings. The number of rotatable bonds is 7. The Hall–Kier alpha value is -2.44. The quantitative estimate of drug-likeness (QED) is 0.334. The SMILES string of the molecule is CCS(=O)(=O)N1[C@@H]2CCCC[C@@H]2C[C@]1(C(=O)N(C)c1c(F)cc(C(=N)NC(=O)C(C)N)cc1F)C1CCCCC1. The van der Waals surface area contributed by atoms with Gasteiger partial charge in [0.15, 0.2) is 11.6 Å². The van der Waals surface area contributed by atoms with Crippen LogP contribution in [-0.4, -0.2) is 60.8 Å². The highest BCUT2D eigenvalue weighted by atomic mass is 32.2. The maximum Gasteiger partial charge on any atom is 0.248 e. The summed E-state index contributed by atoms with van der Waals surface area (Å²) in [6.45, 7) is 2.99. The molecule has 0 aromatic heterocycles. The summed E-state index contributed by atoms with van der Waals surface area (Å²) in [5.74, 6) is -4.41. The van der Waals surface area contributed by atoms with Gasteiger partial charge < -0.3 is 16.0 Å². The van der Waals surface area contributed by atoms with Crippen LogP contribution in [0.5, 0.6) is 0 Å². The van der Waals surface area contributed by atoms with Crippen molar-refractivity contribution in [2.24, 2.45) is 17.6 Å². The number of nitrogens with zero attached hydrogens (tertiary/aromatic N) is 2. The van der Waals surface area contributed by atoms with Crippen LogP contribution >= 0.6 is 0 Å². The van der Waals surface area contributed by atoms with Gasteiger partial charge in [-0.2, -0.15) is 4.31 Å². The standard InChI is InChI=1S/C28H41F2N5O4S/c1-4-40(38,39)35-23-13-9-8-10-18(23)16-28(35,20-11-6-5-7-12-20)27(37)34(3)24-21(29)14-19(15-22(24)30)25(32)33-26(36)17(2)31/h14-15,17-18,20,23H,4-13,16,31H2,1-3H3,(H2,32,33,36)/t17?,18-,23-,28-/m1/s1. The Morgan fingerprint density at radius 2 is 1.70 bits per heavy atom. The van der Waals surface area contributed by atoms with E-state index in [9.17, 15) is 18.0 Å². The van der Waals surface area contributed by atoms with Crippen LogP contribution in [0.1, 0.15) is 83.6 Å². The number of amidine groups is 1. The minimum absolute atomic E-state index is 0.0143. The van der Waals surface area contributed by atoms with Crippen LogP contribution in [0.15, 0.2) is 12.1 Å². The van der Waals surface area contributed by atoms with Crippen LogP contribution in [0.4, 0.5) is 14.5 Å². The molecule has 222 valence electrons. The van der Waals surface area contributed by atoms with E-state index in [-0.39, 0.29) is 29.2 Å². The molecule has 2 aliphatic carbocycles. The summed E-state index contributed by atoms with van der Waals surface area (Å²) in [6.07, 6.45) is 7.75. The number of carbonyl (C=O) groups is 2. The van der Waals surface area contributed by atoms with Crippen LogP contribution in [0, 0.1) is 28.9 Å². The summed E-state index contributed by atoms with van der Waals surface area (Å²) < 4.78 is 59.9. The van der Waals surface area contributed by atoms with E-state index >= 15 is 8.78 Å². The average molecular weight is 582 g/mol.